The SMILES string of the molecule is CCCCCCCCCCCCCCOC(=O)NCCSC[C@@H](N)C(=O)N[C@H](CO)C(=O)N[C@@H](CCCCN)C(=O)N[C@@H](CCCCN)C(=O)N[C@@H](CCCCN)C(=O)N[C@@H](CCCCN)C(=O)O. The molecule has 21 nitrogen and oxygen atoms in total. The van der Waals surface area contributed by atoms with Crippen molar-refractivity contribution in [1.29, 1.82) is 0 Å². The lowest BCUT2D eigenvalue weighted by molar-refractivity contribution is -0.142. The summed E-state index contributed by atoms with van der Waals surface area (Å²) in [6.07, 6.45) is 18.4. The number of carboxylic acid groups (broad SMARTS) is 1. The Morgan fingerprint density at radius 2 is 0.855 bits per heavy atom. The van der Waals surface area contributed by atoms with Gasteiger partial charge in [-0.05, 0) is 110 Å². The normalized spacial score (nSPS) is 13.8. The molecule has 402 valence electrons. The summed E-state index contributed by atoms with van der Waals surface area (Å²) in [4.78, 5) is 91.6. The van der Waals surface area contributed by atoms with Gasteiger partial charge in [-0.2, -0.15) is 11.8 Å². The Hall–Kier alpha value is -3.80. The highest BCUT2D eigenvalue weighted by molar-refractivity contribution is 7.99. The number of aliphatic carboxylic acids is 1. The zero-order valence-corrected chi connectivity index (χ0v) is 42.6. The average Bonchev–Trinajstić information content (AvgIpc) is 3.32. The summed E-state index contributed by atoms with van der Waals surface area (Å²) in [5, 5.41) is 35.5. The second kappa shape index (κ2) is 44.2. The number of alkyl carbamates (subject to hydrolysis) is 1. The number of hydrogen-bond donors (Lipinski definition) is 13. The highest BCUT2D eigenvalue weighted by Gasteiger charge is 2.32. The number of aliphatic hydroxyl groups excluding tert-OH is 1. The van der Waals surface area contributed by atoms with Crippen LogP contribution in [0.4, 0.5) is 4.79 Å². The van der Waals surface area contributed by atoms with Gasteiger partial charge in [0, 0.05) is 18.1 Å². The molecule has 0 spiro atoms. The number of aliphatic hydroxyl groups is 1. The molecule has 0 rings (SSSR count). The third-order valence-corrected chi connectivity index (χ3v) is 12.6. The summed E-state index contributed by atoms with van der Waals surface area (Å²) in [6.45, 7) is 3.37. The monoisotopic (exact) mass is 1000 g/mol. The van der Waals surface area contributed by atoms with Crippen molar-refractivity contribution >= 4 is 53.4 Å². The van der Waals surface area contributed by atoms with Crippen LogP contribution in [0, 0.1) is 0 Å². The van der Waals surface area contributed by atoms with Crippen molar-refractivity contribution in [3.05, 3.63) is 0 Å². The smallest absolute Gasteiger partial charge is 0.407 e. The predicted octanol–water partition coefficient (Wildman–Crippen LogP) is 1.49. The molecule has 0 bridgehead atoms. The molecule has 6 amide bonds. The highest BCUT2D eigenvalue weighted by atomic mass is 32.2. The van der Waals surface area contributed by atoms with Crippen molar-refractivity contribution in [2.24, 2.45) is 28.7 Å². The lowest BCUT2D eigenvalue weighted by Gasteiger charge is -2.27. The minimum Gasteiger partial charge on any atom is -0.480 e. The molecular weight excluding hydrogens is 911 g/mol. The topological polar surface area (TPSA) is 371 Å². The molecule has 69 heavy (non-hydrogen) atoms. The molecule has 0 aromatic carbocycles. The van der Waals surface area contributed by atoms with Crippen molar-refractivity contribution < 1.29 is 48.5 Å². The molecule has 22 heteroatoms. The Morgan fingerprint density at radius 3 is 1.25 bits per heavy atom. The number of unbranched alkanes of at least 4 members (excludes halogenated alkanes) is 15. The van der Waals surface area contributed by atoms with Gasteiger partial charge in [0.2, 0.25) is 29.5 Å². The van der Waals surface area contributed by atoms with Crippen LogP contribution in [0.3, 0.4) is 0 Å². The van der Waals surface area contributed by atoms with Gasteiger partial charge in [-0.25, -0.2) is 9.59 Å². The summed E-state index contributed by atoms with van der Waals surface area (Å²) < 4.78 is 5.26. The lowest BCUT2D eigenvalue weighted by Crippen LogP contribution is -2.59. The number of amides is 6. The molecule has 0 aliphatic heterocycles. The quantitative estimate of drug-likeness (QED) is 0.0384. The Bertz CT molecular complexity index is 1410. The van der Waals surface area contributed by atoms with E-state index >= 15 is 0 Å². The third kappa shape index (κ3) is 34.2. The van der Waals surface area contributed by atoms with Crippen LogP contribution in [0.1, 0.15) is 161 Å². The summed E-state index contributed by atoms with van der Waals surface area (Å²) in [6, 6.07) is -7.30. The van der Waals surface area contributed by atoms with Gasteiger partial charge in [0.05, 0.1) is 19.3 Å². The van der Waals surface area contributed by atoms with Gasteiger partial charge < -0.3 is 75.5 Å². The maximum absolute atomic E-state index is 13.9. The summed E-state index contributed by atoms with van der Waals surface area (Å²) >= 11 is 1.30. The fraction of sp³-hybridized carbons (Fsp3) is 0.851. The minimum atomic E-state index is -1.47. The van der Waals surface area contributed by atoms with Crippen molar-refractivity contribution in [1.82, 2.24) is 31.9 Å². The molecule has 0 saturated heterocycles. The number of hydrogen-bond acceptors (Lipinski definition) is 15. The van der Waals surface area contributed by atoms with Gasteiger partial charge in [-0.3, -0.25) is 24.0 Å². The summed E-state index contributed by atoms with van der Waals surface area (Å²) in [5.74, 6) is -4.39. The second-order valence-electron chi connectivity index (χ2n) is 17.6. The van der Waals surface area contributed by atoms with Crippen LogP contribution in [0.25, 0.3) is 0 Å². The van der Waals surface area contributed by atoms with Crippen LogP contribution in [0.2, 0.25) is 0 Å². The fourth-order valence-corrected chi connectivity index (χ4v) is 8.09. The van der Waals surface area contributed by atoms with Gasteiger partial charge in [-0.1, -0.05) is 77.6 Å². The van der Waals surface area contributed by atoms with Crippen molar-refractivity contribution in [3.8, 4) is 0 Å². The van der Waals surface area contributed by atoms with E-state index in [4.69, 9.17) is 33.4 Å². The largest absolute Gasteiger partial charge is 0.480 e. The van der Waals surface area contributed by atoms with E-state index < -0.39 is 84.5 Å². The predicted molar refractivity (Wildman–Crippen MR) is 272 cm³/mol. The van der Waals surface area contributed by atoms with Gasteiger partial charge in [-0.15, -0.1) is 0 Å². The molecule has 0 aliphatic rings. The van der Waals surface area contributed by atoms with Crippen LogP contribution in [0.15, 0.2) is 0 Å². The van der Waals surface area contributed by atoms with Crippen LogP contribution < -0.4 is 60.6 Å². The Kier molecular flexibility index (Phi) is 41.7. The van der Waals surface area contributed by atoms with Gasteiger partial charge in [0.25, 0.3) is 0 Å². The maximum atomic E-state index is 13.9. The maximum Gasteiger partial charge on any atom is 0.407 e. The van der Waals surface area contributed by atoms with E-state index in [2.05, 4.69) is 38.8 Å². The number of ether oxygens (including phenoxy) is 1. The number of carbonyl (C=O) groups is 7. The van der Waals surface area contributed by atoms with Crippen LogP contribution >= 0.6 is 11.8 Å². The Balaban J connectivity index is 5.30. The van der Waals surface area contributed by atoms with Crippen LogP contribution in [0.5, 0.6) is 0 Å². The van der Waals surface area contributed by atoms with Gasteiger partial charge >= 0.3 is 12.1 Å². The molecule has 0 aromatic heterocycles. The van der Waals surface area contributed by atoms with E-state index in [0.29, 0.717) is 89.9 Å². The first-order valence-corrected chi connectivity index (χ1v) is 26.8. The second-order valence-corrected chi connectivity index (χ2v) is 18.7. The zero-order chi connectivity index (χ0) is 51.5. The van der Waals surface area contributed by atoms with Gasteiger partial charge in [0.1, 0.15) is 30.2 Å². The van der Waals surface area contributed by atoms with Crippen molar-refractivity contribution in [2.45, 2.75) is 197 Å². The number of thioether (sulfide) groups is 1. The number of nitrogens with one attached hydrogen (secondary N) is 6. The lowest BCUT2D eigenvalue weighted by atomic mass is 10.0. The molecule has 0 fully saturated rings. The van der Waals surface area contributed by atoms with Crippen LogP contribution in [-0.4, -0.2) is 146 Å². The Labute approximate surface area is 415 Å². The molecule has 18 N–H and O–H groups in total. The summed E-state index contributed by atoms with van der Waals surface area (Å²) in [7, 11) is 0. The standard InChI is InChI=1S/C47H93N11O10S/c1-2-3-4-5-6-7-8-9-10-11-12-21-31-68-47(67)53-30-32-69-34-35(52)41(60)58-40(33-59)45(64)56-37(23-14-18-27-49)43(62)54-36(22-13-17-26-48)42(61)55-38(24-15-19-28-50)44(63)57-39(46(65)66)25-16-20-29-51/h35-40,59H,2-34,48-52H2,1H3,(H,53,67)(H,54,62)(H,55,61)(H,56,64)(H,57,63)(H,58,60)(H,65,66)/t35-,36+,37+,38+,39+,40-/m1/s1. The first-order chi connectivity index (χ1) is 33.3. The number of rotatable bonds is 46. The van der Waals surface area contributed by atoms with Crippen molar-refractivity contribution in [3.63, 3.8) is 0 Å². The molecule has 0 unspecified atom stereocenters. The van der Waals surface area contributed by atoms with E-state index in [1.807, 2.05) is 0 Å². The number of carbonyl (C=O) groups excluding carboxylic acids is 6. The minimum absolute atomic E-state index is 0.0972. The first kappa shape index (κ1) is 65.2. The zero-order valence-electron chi connectivity index (χ0n) is 41.8. The number of carboxylic acids is 1. The van der Waals surface area contributed by atoms with E-state index in [0.717, 1.165) is 19.3 Å². The molecule has 0 radical (unpaired) electrons. The highest BCUT2D eigenvalue weighted by Crippen LogP contribution is 2.13. The summed E-state index contributed by atoms with van der Waals surface area (Å²) in [5.41, 5.74) is 28.7. The molecular formula is C47H93N11O10S. The fourth-order valence-electron chi connectivity index (χ4n) is 7.27. The van der Waals surface area contributed by atoms with E-state index in [1.54, 1.807) is 0 Å². The average molecular weight is 1000 g/mol. The van der Waals surface area contributed by atoms with E-state index in [1.165, 1.54) is 69.5 Å². The van der Waals surface area contributed by atoms with E-state index in [9.17, 15) is 43.8 Å². The van der Waals surface area contributed by atoms with Crippen molar-refractivity contribution in [2.75, 3.05) is 57.4 Å². The van der Waals surface area contributed by atoms with E-state index in [-0.39, 0.29) is 38.0 Å². The molecule has 0 saturated carbocycles. The molecule has 0 heterocycles. The number of nitrogens with two attached hydrogens (primary N) is 5. The van der Waals surface area contributed by atoms with Crippen LogP contribution in [-0.2, 0) is 33.5 Å². The first-order valence-electron chi connectivity index (χ1n) is 25.7. The molecule has 0 aliphatic carbocycles. The third-order valence-electron chi connectivity index (χ3n) is 11.5. The molecule has 6 atom stereocenters. The van der Waals surface area contributed by atoms with Gasteiger partial charge in [0.15, 0.2) is 0 Å². The Morgan fingerprint density at radius 1 is 0.493 bits per heavy atom. The molecule has 0 aromatic rings.